The van der Waals surface area contributed by atoms with Gasteiger partial charge in [-0.2, -0.15) is 0 Å². The highest BCUT2D eigenvalue weighted by Crippen LogP contribution is 2.36. The third-order valence-corrected chi connectivity index (χ3v) is 4.24. The molecule has 7 nitrogen and oxygen atoms in total. The summed E-state index contributed by atoms with van der Waals surface area (Å²) in [6.45, 7) is 2.29. The van der Waals surface area contributed by atoms with Gasteiger partial charge in [0.25, 0.3) is 5.91 Å². The predicted molar refractivity (Wildman–Crippen MR) is 95.1 cm³/mol. The molecular weight excluding hydrogens is 320 g/mol. The molecule has 0 spiro atoms. The van der Waals surface area contributed by atoms with Gasteiger partial charge in [-0.1, -0.05) is 12.1 Å². The normalized spacial score (nSPS) is 12.9. The van der Waals surface area contributed by atoms with Crippen LogP contribution in [0.15, 0.2) is 35.3 Å². The van der Waals surface area contributed by atoms with Crippen LogP contribution in [0.3, 0.4) is 0 Å². The van der Waals surface area contributed by atoms with E-state index in [1.54, 1.807) is 25.1 Å². The topological polar surface area (TPSA) is 131 Å². The molecule has 7 heteroatoms. The number of rotatable bonds is 3. The van der Waals surface area contributed by atoms with Crippen LogP contribution in [-0.4, -0.2) is 29.5 Å². The Kier molecular flexibility index (Phi) is 4.14. The van der Waals surface area contributed by atoms with Crippen LogP contribution in [0.25, 0.3) is 11.1 Å². The molecule has 3 rings (SSSR count). The number of fused-ring (bicyclic) bond motifs is 1. The molecule has 1 aliphatic heterocycles. The fraction of sp³-hybridized carbons (Fsp3) is 0.167. The number of nitrogens with two attached hydrogens (primary N) is 2. The van der Waals surface area contributed by atoms with E-state index >= 15 is 0 Å². The van der Waals surface area contributed by atoms with Crippen LogP contribution in [0, 0.1) is 6.92 Å². The summed E-state index contributed by atoms with van der Waals surface area (Å²) in [6.07, 6.45) is 0.713. The molecule has 6 N–H and O–H groups in total. The number of guanidine groups is 1. The molecule has 0 saturated heterocycles. The third kappa shape index (κ3) is 3.03. The molecule has 0 saturated carbocycles. The van der Waals surface area contributed by atoms with E-state index in [2.05, 4.69) is 10.3 Å². The first-order valence-corrected chi connectivity index (χ1v) is 7.76. The smallest absolute Gasteiger partial charge is 0.335 e. The zero-order valence-electron chi connectivity index (χ0n) is 13.7. The Morgan fingerprint density at radius 1 is 1.24 bits per heavy atom. The lowest BCUT2D eigenvalue weighted by molar-refractivity contribution is 0.0696. The van der Waals surface area contributed by atoms with Gasteiger partial charge in [0.1, 0.15) is 0 Å². The van der Waals surface area contributed by atoms with Gasteiger partial charge >= 0.3 is 5.97 Å². The summed E-state index contributed by atoms with van der Waals surface area (Å²) in [6, 6.07) is 8.48. The molecule has 0 unspecified atom stereocenters. The van der Waals surface area contributed by atoms with Gasteiger partial charge in [0.15, 0.2) is 5.96 Å². The minimum atomic E-state index is -1.02. The van der Waals surface area contributed by atoms with Gasteiger partial charge in [-0.25, -0.2) is 9.79 Å². The van der Waals surface area contributed by atoms with Crippen LogP contribution in [0.5, 0.6) is 0 Å². The number of hydrogen-bond acceptors (Lipinski definition) is 3. The van der Waals surface area contributed by atoms with Crippen LogP contribution < -0.4 is 16.8 Å². The first-order chi connectivity index (χ1) is 11.9. The Morgan fingerprint density at radius 2 is 2.00 bits per heavy atom. The van der Waals surface area contributed by atoms with Crippen molar-refractivity contribution in [2.45, 2.75) is 13.3 Å². The molecule has 0 fully saturated rings. The van der Waals surface area contributed by atoms with E-state index in [-0.39, 0.29) is 17.4 Å². The zero-order valence-corrected chi connectivity index (χ0v) is 13.7. The quantitative estimate of drug-likeness (QED) is 0.498. The number of benzene rings is 2. The molecule has 128 valence electrons. The summed E-state index contributed by atoms with van der Waals surface area (Å²) < 4.78 is 0. The van der Waals surface area contributed by atoms with Crippen LogP contribution in [0.1, 0.15) is 31.8 Å². The van der Waals surface area contributed by atoms with Gasteiger partial charge in [0.2, 0.25) is 0 Å². The lowest BCUT2D eigenvalue weighted by Crippen LogP contribution is -2.31. The molecule has 1 heterocycles. The minimum Gasteiger partial charge on any atom is -0.478 e. The molecule has 2 aromatic rings. The van der Waals surface area contributed by atoms with Crippen molar-refractivity contribution in [3.8, 4) is 11.1 Å². The van der Waals surface area contributed by atoms with Crippen molar-refractivity contribution in [3.05, 3.63) is 52.6 Å². The highest BCUT2D eigenvalue weighted by Gasteiger charge is 2.20. The Balaban J connectivity index is 2.24. The number of carbonyl (C=O) groups is 2. The Labute approximate surface area is 144 Å². The lowest BCUT2D eigenvalue weighted by atomic mass is 9.90. The monoisotopic (exact) mass is 338 g/mol. The first kappa shape index (κ1) is 16.5. The van der Waals surface area contributed by atoms with Crippen molar-refractivity contribution < 1.29 is 14.7 Å². The number of hydrogen-bond donors (Lipinski definition) is 4. The maximum atomic E-state index is 11.9. The molecule has 1 aliphatic rings. The van der Waals surface area contributed by atoms with Crippen molar-refractivity contribution >= 4 is 23.5 Å². The standard InChI is InChI=1S/C18H18N4O3/c1-9-12(17(24)25)4-5-14(22-18(19)20)15(9)11-2-3-13-10(8-11)6-7-21-16(13)23/h2-5,8H,6-7H2,1H3,(H,21,23)(H,24,25)(H4,19,20,22). The Bertz CT molecular complexity index is 915. The predicted octanol–water partition coefficient (Wildman–Crippen LogP) is 1.55. The van der Waals surface area contributed by atoms with Crippen LogP contribution in [0.4, 0.5) is 5.69 Å². The average molecular weight is 338 g/mol. The van der Waals surface area contributed by atoms with Crippen molar-refractivity contribution in [1.29, 1.82) is 0 Å². The molecule has 1 amide bonds. The number of nitrogens with zero attached hydrogens (tertiary/aromatic N) is 1. The van der Waals surface area contributed by atoms with Crippen molar-refractivity contribution in [2.24, 2.45) is 16.5 Å². The number of amides is 1. The minimum absolute atomic E-state index is 0.103. The summed E-state index contributed by atoms with van der Waals surface area (Å²) in [4.78, 5) is 27.5. The van der Waals surface area contributed by atoms with E-state index in [9.17, 15) is 14.7 Å². The summed E-state index contributed by atoms with van der Waals surface area (Å²) in [5, 5.41) is 12.2. The highest BCUT2D eigenvalue weighted by molar-refractivity contribution is 5.99. The van der Waals surface area contributed by atoms with Crippen LogP contribution in [-0.2, 0) is 6.42 Å². The SMILES string of the molecule is Cc1c(C(=O)O)ccc(N=C(N)N)c1-c1ccc2c(c1)CCNC2=O. The fourth-order valence-corrected chi connectivity index (χ4v) is 3.11. The van der Waals surface area contributed by atoms with E-state index in [1.807, 2.05) is 6.07 Å². The number of carbonyl (C=O) groups excluding carboxylic acids is 1. The van der Waals surface area contributed by atoms with Crippen molar-refractivity contribution in [1.82, 2.24) is 5.32 Å². The fourth-order valence-electron chi connectivity index (χ4n) is 3.11. The van der Waals surface area contributed by atoms with Gasteiger partial charge in [-0.05, 0) is 48.2 Å². The van der Waals surface area contributed by atoms with Crippen LogP contribution in [0.2, 0.25) is 0 Å². The van der Waals surface area contributed by atoms with Gasteiger partial charge in [-0.3, -0.25) is 4.79 Å². The van der Waals surface area contributed by atoms with Crippen LogP contribution >= 0.6 is 0 Å². The molecule has 25 heavy (non-hydrogen) atoms. The summed E-state index contributed by atoms with van der Waals surface area (Å²) in [5.74, 6) is -1.23. The van der Waals surface area contributed by atoms with Gasteiger partial charge in [-0.15, -0.1) is 0 Å². The highest BCUT2D eigenvalue weighted by atomic mass is 16.4. The molecule has 2 aromatic carbocycles. The molecule has 0 aromatic heterocycles. The third-order valence-electron chi connectivity index (χ3n) is 4.24. The number of aromatic carboxylic acids is 1. The lowest BCUT2D eigenvalue weighted by Gasteiger charge is -2.19. The number of carboxylic acid groups (broad SMARTS) is 1. The molecule has 0 atom stereocenters. The number of nitrogens with one attached hydrogen (secondary N) is 1. The Morgan fingerprint density at radius 3 is 2.68 bits per heavy atom. The van der Waals surface area contributed by atoms with E-state index in [1.165, 1.54) is 6.07 Å². The van der Waals surface area contributed by atoms with Gasteiger partial charge < -0.3 is 21.9 Å². The second kappa shape index (κ2) is 6.27. The number of carboxylic acids is 1. The second-order valence-electron chi connectivity index (χ2n) is 5.85. The van der Waals surface area contributed by atoms with E-state index < -0.39 is 5.97 Å². The average Bonchev–Trinajstić information content (AvgIpc) is 2.54. The maximum absolute atomic E-state index is 11.9. The van der Waals surface area contributed by atoms with E-state index in [0.717, 1.165) is 11.1 Å². The first-order valence-electron chi connectivity index (χ1n) is 7.76. The zero-order chi connectivity index (χ0) is 18.1. The number of aliphatic imine (C=N–C) groups is 1. The van der Waals surface area contributed by atoms with E-state index in [0.29, 0.717) is 35.3 Å². The second-order valence-corrected chi connectivity index (χ2v) is 5.85. The molecule has 0 radical (unpaired) electrons. The molecule has 0 aliphatic carbocycles. The summed E-state index contributed by atoms with van der Waals surface area (Å²) in [5.41, 5.74) is 15.2. The summed E-state index contributed by atoms with van der Waals surface area (Å²) in [7, 11) is 0. The maximum Gasteiger partial charge on any atom is 0.335 e. The van der Waals surface area contributed by atoms with E-state index in [4.69, 9.17) is 11.5 Å². The van der Waals surface area contributed by atoms with Crippen molar-refractivity contribution in [3.63, 3.8) is 0 Å². The van der Waals surface area contributed by atoms with Gasteiger partial charge in [0.05, 0.1) is 11.3 Å². The van der Waals surface area contributed by atoms with Crippen molar-refractivity contribution in [2.75, 3.05) is 6.54 Å². The Hall–Kier alpha value is -3.35. The van der Waals surface area contributed by atoms with Gasteiger partial charge in [0, 0.05) is 17.7 Å². The largest absolute Gasteiger partial charge is 0.478 e. The molecule has 0 bridgehead atoms. The summed E-state index contributed by atoms with van der Waals surface area (Å²) >= 11 is 0. The molecular formula is C18H18N4O3.